The maximum atomic E-state index is 11.5. The highest BCUT2D eigenvalue weighted by Crippen LogP contribution is 2.25. The van der Waals surface area contributed by atoms with E-state index in [1.165, 1.54) is 0 Å². The summed E-state index contributed by atoms with van der Waals surface area (Å²) in [6, 6.07) is 0. The fourth-order valence-electron chi connectivity index (χ4n) is 1.83. The highest BCUT2D eigenvalue weighted by Gasteiger charge is 2.42. The first-order valence-corrected chi connectivity index (χ1v) is 5.12. The zero-order valence-electron chi connectivity index (χ0n) is 9.29. The molecule has 0 aliphatic carbocycles. The van der Waals surface area contributed by atoms with Crippen molar-refractivity contribution in [1.29, 1.82) is 0 Å². The highest BCUT2D eigenvalue weighted by atomic mass is 16.3. The van der Waals surface area contributed by atoms with E-state index in [1.54, 1.807) is 4.90 Å². The lowest BCUT2D eigenvalue weighted by molar-refractivity contribution is -0.157. The number of hydrogen-bond acceptors (Lipinski definition) is 3. The number of rotatable bonds is 4. The van der Waals surface area contributed by atoms with Crippen molar-refractivity contribution in [3.05, 3.63) is 0 Å². The van der Waals surface area contributed by atoms with Crippen molar-refractivity contribution in [3.63, 3.8) is 0 Å². The van der Waals surface area contributed by atoms with Crippen molar-refractivity contribution < 1.29 is 9.90 Å². The first-order valence-electron chi connectivity index (χ1n) is 5.12. The van der Waals surface area contributed by atoms with Crippen molar-refractivity contribution in [2.45, 2.75) is 25.4 Å². The van der Waals surface area contributed by atoms with Crippen LogP contribution in [-0.2, 0) is 4.79 Å². The number of likely N-dealkylation sites (N-methyl/N-ethyl adjacent to an activating group) is 1. The second-order valence-corrected chi connectivity index (χ2v) is 4.46. The van der Waals surface area contributed by atoms with Gasteiger partial charge in [-0.3, -0.25) is 4.79 Å². The number of likely N-dealkylation sites (tertiary alicyclic amines) is 1. The normalized spacial score (nSPS) is 19.6. The predicted octanol–water partition coefficient (Wildman–Crippen LogP) is -0.0786. The number of aliphatic hydroxyl groups is 1. The molecule has 1 saturated heterocycles. The molecule has 0 spiro atoms. The molecule has 4 nitrogen and oxygen atoms in total. The number of nitrogens with zero attached hydrogens (tertiary/aromatic N) is 2. The van der Waals surface area contributed by atoms with Crippen LogP contribution in [0.15, 0.2) is 0 Å². The van der Waals surface area contributed by atoms with E-state index in [0.29, 0.717) is 19.6 Å². The molecule has 0 radical (unpaired) electrons. The summed E-state index contributed by atoms with van der Waals surface area (Å²) < 4.78 is 0. The molecule has 4 heteroatoms. The average Bonchev–Trinajstić information content (AvgIpc) is 1.98. The molecule has 0 aromatic rings. The van der Waals surface area contributed by atoms with Crippen LogP contribution in [-0.4, -0.2) is 60.1 Å². The minimum atomic E-state index is -0.600. The average molecular weight is 200 g/mol. The van der Waals surface area contributed by atoms with Gasteiger partial charge in [-0.15, -0.1) is 0 Å². The maximum Gasteiger partial charge on any atom is 0.236 e. The van der Waals surface area contributed by atoms with Crippen molar-refractivity contribution in [2.24, 2.45) is 0 Å². The summed E-state index contributed by atoms with van der Waals surface area (Å²) in [4.78, 5) is 15.1. The Morgan fingerprint density at radius 3 is 2.50 bits per heavy atom. The van der Waals surface area contributed by atoms with E-state index < -0.39 is 5.60 Å². The smallest absolute Gasteiger partial charge is 0.236 e. The van der Waals surface area contributed by atoms with Crippen molar-refractivity contribution in [1.82, 2.24) is 9.80 Å². The van der Waals surface area contributed by atoms with Gasteiger partial charge in [0, 0.05) is 0 Å². The predicted molar refractivity (Wildman–Crippen MR) is 55.0 cm³/mol. The van der Waals surface area contributed by atoms with Crippen molar-refractivity contribution in [2.75, 3.05) is 33.7 Å². The van der Waals surface area contributed by atoms with Crippen LogP contribution in [0.2, 0.25) is 0 Å². The second-order valence-electron chi connectivity index (χ2n) is 4.46. The molecule has 0 saturated carbocycles. The zero-order chi connectivity index (χ0) is 10.8. The van der Waals surface area contributed by atoms with Crippen LogP contribution >= 0.6 is 0 Å². The first kappa shape index (κ1) is 11.5. The quantitative estimate of drug-likeness (QED) is 0.690. The van der Waals surface area contributed by atoms with Gasteiger partial charge in [0.15, 0.2) is 0 Å². The molecule has 0 aromatic heterocycles. The molecule has 82 valence electrons. The number of carbonyl (C=O) groups excluding carboxylic acids is 1. The molecule has 1 rings (SSSR count). The largest absolute Gasteiger partial charge is 0.386 e. The standard InChI is InChI=1S/C10H20N2O2/c1-4-5-10(14)7-12(8-10)9(13)6-11(2)3/h14H,4-8H2,1-3H3. The van der Waals surface area contributed by atoms with Gasteiger partial charge in [-0.2, -0.15) is 0 Å². The molecular formula is C10H20N2O2. The Labute approximate surface area is 85.5 Å². The summed E-state index contributed by atoms with van der Waals surface area (Å²) in [5.41, 5.74) is -0.600. The first-order chi connectivity index (χ1) is 6.47. The molecule has 0 aromatic carbocycles. The van der Waals surface area contributed by atoms with Gasteiger partial charge in [-0.25, -0.2) is 0 Å². The lowest BCUT2D eigenvalue weighted by Crippen LogP contribution is -2.64. The van der Waals surface area contributed by atoms with Crippen molar-refractivity contribution in [3.8, 4) is 0 Å². The van der Waals surface area contributed by atoms with Crippen LogP contribution in [0.3, 0.4) is 0 Å². The number of β-amino-alcohol motifs (C(OH)–C–C–N with tert-alkyl or cyclic N) is 1. The topological polar surface area (TPSA) is 43.8 Å². The molecule has 1 heterocycles. The Morgan fingerprint density at radius 2 is 2.07 bits per heavy atom. The number of amides is 1. The van der Waals surface area contributed by atoms with Gasteiger partial charge in [0.2, 0.25) is 5.91 Å². The molecule has 1 fully saturated rings. The zero-order valence-corrected chi connectivity index (χ0v) is 9.29. The monoisotopic (exact) mass is 200 g/mol. The molecule has 1 amide bonds. The molecular weight excluding hydrogens is 180 g/mol. The number of hydrogen-bond donors (Lipinski definition) is 1. The molecule has 1 aliphatic rings. The second kappa shape index (κ2) is 4.28. The Kier molecular flexibility index (Phi) is 3.50. The Bertz CT molecular complexity index is 210. The van der Waals surface area contributed by atoms with Gasteiger partial charge < -0.3 is 14.9 Å². The number of carbonyl (C=O) groups is 1. The van der Waals surface area contributed by atoms with Crippen LogP contribution in [0.5, 0.6) is 0 Å². The van der Waals surface area contributed by atoms with Crippen molar-refractivity contribution >= 4 is 5.91 Å². The molecule has 1 aliphatic heterocycles. The lowest BCUT2D eigenvalue weighted by atomic mass is 9.89. The lowest BCUT2D eigenvalue weighted by Gasteiger charge is -2.46. The van der Waals surface area contributed by atoms with E-state index in [4.69, 9.17) is 0 Å². The summed E-state index contributed by atoms with van der Waals surface area (Å²) in [6.45, 7) is 3.49. The minimum absolute atomic E-state index is 0.107. The maximum absolute atomic E-state index is 11.5. The fourth-order valence-corrected chi connectivity index (χ4v) is 1.83. The van der Waals surface area contributed by atoms with Crippen LogP contribution in [0.1, 0.15) is 19.8 Å². The van der Waals surface area contributed by atoms with E-state index >= 15 is 0 Å². The van der Waals surface area contributed by atoms with Crippen LogP contribution in [0.4, 0.5) is 0 Å². The molecule has 14 heavy (non-hydrogen) atoms. The molecule has 0 unspecified atom stereocenters. The van der Waals surface area contributed by atoms with E-state index in [2.05, 4.69) is 0 Å². The van der Waals surface area contributed by atoms with Crippen LogP contribution < -0.4 is 0 Å². The molecule has 0 bridgehead atoms. The van der Waals surface area contributed by atoms with E-state index in [-0.39, 0.29) is 5.91 Å². The summed E-state index contributed by atoms with van der Waals surface area (Å²) in [5, 5.41) is 9.86. The molecule has 0 atom stereocenters. The fraction of sp³-hybridized carbons (Fsp3) is 0.900. The molecule has 1 N–H and O–H groups in total. The minimum Gasteiger partial charge on any atom is -0.386 e. The van der Waals surface area contributed by atoms with E-state index in [1.807, 2.05) is 25.9 Å². The summed E-state index contributed by atoms with van der Waals surface area (Å²) in [7, 11) is 3.74. The summed E-state index contributed by atoms with van der Waals surface area (Å²) in [6.07, 6.45) is 1.75. The van der Waals surface area contributed by atoms with Gasteiger partial charge in [-0.1, -0.05) is 13.3 Å². The Morgan fingerprint density at radius 1 is 1.50 bits per heavy atom. The Hall–Kier alpha value is -0.610. The van der Waals surface area contributed by atoms with E-state index in [0.717, 1.165) is 12.8 Å². The van der Waals surface area contributed by atoms with Gasteiger partial charge >= 0.3 is 0 Å². The van der Waals surface area contributed by atoms with Gasteiger partial charge in [0.25, 0.3) is 0 Å². The third kappa shape index (κ3) is 2.69. The summed E-state index contributed by atoms with van der Waals surface area (Å²) >= 11 is 0. The van der Waals surface area contributed by atoms with Gasteiger partial charge in [0.1, 0.15) is 0 Å². The SMILES string of the molecule is CCCC1(O)CN(C(=O)CN(C)C)C1. The van der Waals surface area contributed by atoms with E-state index in [9.17, 15) is 9.90 Å². The Balaban J connectivity index is 2.29. The van der Waals surface area contributed by atoms with Crippen LogP contribution in [0.25, 0.3) is 0 Å². The third-order valence-corrected chi connectivity index (χ3v) is 2.49. The highest BCUT2D eigenvalue weighted by molar-refractivity contribution is 5.79. The van der Waals surface area contributed by atoms with Gasteiger partial charge in [0.05, 0.1) is 25.2 Å². The third-order valence-electron chi connectivity index (χ3n) is 2.49. The van der Waals surface area contributed by atoms with Crippen LogP contribution in [0, 0.1) is 0 Å². The van der Waals surface area contributed by atoms with Gasteiger partial charge in [-0.05, 0) is 20.5 Å². The summed E-state index contributed by atoms with van der Waals surface area (Å²) in [5.74, 6) is 0.107.